The molecule has 23 heavy (non-hydrogen) atoms. The van der Waals surface area contributed by atoms with E-state index in [1.807, 2.05) is 43.3 Å². The molecule has 1 aromatic carbocycles. The molecule has 5 heteroatoms. The Kier molecular flexibility index (Phi) is 4.69. The summed E-state index contributed by atoms with van der Waals surface area (Å²) >= 11 is 0. The number of benzene rings is 1. The standard InChI is InChI=1S/C18H22N4O/c1-3-14-16(13-8-10-19-11-9-13)21-22-17(14)20-18(23)15-7-5-4-6-12(15)2/h4-11,14,16-17,21-22H,3H2,1-2H3,(H,20,23). The lowest BCUT2D eigenvalue weighted by atomic mass is 9.91. The van der Waals surface area contributed by atoms with Crippen LogP contribution < -0.4 is 16.2 Å². The highest BCUT2D eigenvalue weighted by atomic mass is 16.1. The molecular weight excluding hydrogens is 288 g/mol. The summed E-state index contributed by atoms with van der Waals surface area (Å²) in [7, 11) is 0. The molecule has 1 saturated heterocycles. The first-order valence-electron chi connectivity index (χ1n) is 7.98. The number of nitrogens with one attached hydrogen (secondary N) is 3. The number of pyridine rings is 1. The summed E-state index contributed by atoms with van der Waals surface area (Å²) in [6.07, 6.45) is 4.43. The van der Waals surface area contributed by atoms with Gasteiger partial charge in [-0.05, 0) is 42.7 Å². The molecule has 1 amide bonds. The molecule has 0 spiro atoms. The number of nitrogens with zero attached hydrogens (tertiary/aromatic N) is 1. The van der Waals surface area contributed by atoms with Crippen molar-refractivity contribution in [2.45, 2.75) is 32.5 Å². The van der Waals surface area contributed by atoms with Gasteiger partial charge in [0, 0.05) is 23.9 Å². The van der Waals surface area contributed by atoms with E-state index < -0.39 is 0 Å². The monoisotopic (exact) mass is 310 g/mol. The van der Waals surface area contributed by atoms with Gasteiger partial charge in [0.25, 0.3) is 5.91 Å². The highest BCUT2D eigenvalue weighted by Gasteiger charge is 2.36. The van der Waals surface area contributed by atoms with E-state index in [0.717, 1.165) is 17.5 Å². The first kappa shape index (κ1) is 15.6. The third-order valence-electron chi connectivity index (χ3n) is 4.46. The van der Waals surface area contributed by atoms with E-state index >= 15 is 0 Å². The maximum Gasteiger partial charge on any atom is 0.252 e. The van der Waals surface area contributed by atoms with Gasteiger partial charge in [0.2, 0.25) is 0 Å². The number of aryl methyl sites for hydroxylation is 1. The Morgan fingerprint density at radius 2 is 1.91 bits per heavy atom. The lowest BCUT2D eigenvalue weighted by Gasteiger charge is -2.22. The van der Waals surface area contributed by atoms with Crippen LogP contribution in [0.15, 0.2) is 48.8 Å². The topological polar surface area (TPSA) is 66.1 Å². The van der Waals surface area contributed by atoms with Gasteiger partial charge in [-0.1, -0.05) is 25.1 Å². The van der Waals surface area contributed by atoms with Crippen LogP contribution in [0.4, 0.5) is 0 Å². The van der Waals surface area contributed by atoms with Crippen molar-refractivity contribution in [3.8, 4) is 0 Å². The fourth-order valence-corrected chi connectivity index (χ4v) is 3.15. The largest absolute Gasteiger partial charge is 0.335 e. The molecule has 3 atom stereocenters. The smallest absolute Gasteiger partial charge is 0.252 e. The Balaban J connectivity index is 1.74. The number of rotatable bonds is 4. The minimum Gasteiger partial charge on any atom is -0.335 e. The van der Waals surface area contributed by atoms with Crippen LogP contribution in [-0.4, -0.2) is 17.1 Å². The summed E-state index contributed by atoms with van der Waals surface area (Å²) < 4.78 is 0. The molecule has 0 aliphatic carbocycles. The van der Waals surface area contributed by atoms with Crippen molar-refractivity contribution < 1.29 is 4.79 Å². The zero-order valence-electron chi connectivity index (χ0n) is 13.4. The molecule has 0 bridgehead atoms. The Bertz CT molecular complexity index is 674. The van der Waals surface area contributed by atoms with Crippen molar-refractivity contribution in [2.24, 2.45) is 5.92 Å². The Morgan fingerprint density at radius 3 is 2.61 bits per heavy atom. The lowest BCUT2D eigenvalue weighted by Crippen LogP contribution is -2.47. The number of hydrogen-bond donors (Lipinski definition) is 3. The molecule has 1 aromatic heterocycles. The van der Waals surface area contributed by atoms with Crippen LogP contribution in [0, 0.1) is 12.8 Å². The predicted octanol–water partition coefficient (Wildman–Crippen LogP) is 2.32. The van der Waals surface area contributed by atoms with E-state index in [1.165, 1.54) is 5.56 Å². The molecule has 3 unspecified atom stereocenters. The Hall–Kier alpha value is -2.24. The second kappa shape index (κ2) is 6.89. The van der Waals surface area contributed by atoms with Crippen molar-refractivity contribution in [2.75, 3.05) is 0 Å². The second-order valence-electron chi connectivity index (χ2n) is 5.89. The normalized spacial score (nSPS) is 23.7. The molecule has 1 fully saturated rings. The Morgan fingerprint density at radius 1 is 1.17 bits per heavy atom. The molecule has 3 rings (SSSR count). The average molecular weight is 310 g/mol. The molecule has 2 aromatic rings. The lowest BCUT2D eigenvalue weighted by molar-refractivity contribution is 0.0919. The van der Waals surface area contributed by atoms with Gasteiger partial charge in [0.1, 0.15) is 0 Å². The van der Waals surface area contributed by atoms with E-state index in [4.69, 9.17) is 0 Å². The van der Waals surface area contributed by atoms with Gasteiger partial charge in [-0.3, -0.25) is 9.78 Å². The van der Waals surface area contributed by atoms with Crippen LogP contribution in [0.3, 0.4) is 0 Å². The van der Waals surface area contributed by atoms with Gasteiger partial charge in [-0.25, -0.2) is 10.9 Å². The van der Waals surface area contributed by atoms with E-state index in [1.54, 1.807) is 12.4 Å². The third-order valence-corrected chi connectivity index (χ3v) is 4.46. The fourth-order valence-electron chi connectivity index (χ4n) is 3.15. The molecule has 2 heterocycles. The van der Waals surface area contributed by atoms with Gasteiger partial charge in [-0.15, -0.1) is 0 Å². The van der Waals surface area contributed by atoms with Gasteiger partial charge in [0.05, 0.1) is 12.2 Å². The van der Waals surface area contributed by atoms with Crippen molar-refractivity contribution in [3.63, 3.8) is 0 Å². The van der Waals surface area contributed by atoms with Gasteiger partial charge >= 0.3 is 0 Å². The van der Waals surface area contributed by atoms with Crippen LogP contribution in [0.1, 0.15) is 40.9 Å². The first-order valence-corrected chi connectivity index (χ1v) is 7.98. The number of carbonyl (C=O) groups excluding carboxylic acids is 1. The van der Waals surface area contributed by atoms with Crippen LogP contribution in [0.2, 0.25) is 0 Å². The minimum atomic E-state index is -0.106. The summed E-state index contributed by atoms with van der Waals surface area (Å²) in [6.45, 7) is 4.09. The highest BCUT2D eigenvalue weighted by Crippen LogP contribution is 2.30. The summed E-state index contributed by atoms with van der Waals surface area (Å²) in [5.74, 6) is 0.224. The van der Waals surface area contributed by atoms with Crippen LogP contribution in [0.25, 0.3) is 0 Å². The van der Waals surface area contributed by atoms with Crippen LogP contribution in [-0.2, 0) is 0 Å². The van der Waals surface area contributed by atoms with Crippen molar-refractivity contribution >= 4 is 5.91 Å². The summed E-state index contributed by atoms with van der Waals surface area (Å²) in [5.41, 5.74) is 9.40. The van der Waals surface area contributed by atoms with E-state index in [9.17, 15) is 4.79 Å². The SMILES string of the molecule is CCC1C(NC(=O)c2ccccc2C)NNC1c1ccncc1. The summed E-state index contributed by atoms with van der Waals surface area (Å²) in [5, 5.41) is 3.11. The second-order valence-corrected chi connectivity index (χ2v) is 5.89. The summed E-state index contributed by atoms with van der Waals surface area (Å²) in [6, 6.07) is 11.8. The van der Waals surface area contributed by atoms with Crippen molar-refractivity contribution in [3.05, 3.63) is 65.5 Å². The quantitative estimate of drug-likeness (QED) is 0.811. The van der Waals surface area contributed by atoms with Crippen LogP contribution in [0.5, 0.6) is 0 Å². The number of hydrogen-bond acceptors (Lipinski definition) is 4. The van der Waals surface area contributed by atoms with Gasteiger partial charge in [0.15, 0.2) is 0 Å². The van der Waals surface area contributed by atoms with Crippen molar-refractivity contribution in [1.29, 1.82) is 0 Å². The van der Waals surface area contributed by atoms with Gasteiger partial charge in [-0.2, -0.15) is 0 Å². The zero-order valence-corrected chi connectivity index (χ0v) is 13.4. The number of aromatic nitrogens is 1. The number of hydrazine groups is 1. The fraction of sp³-hybridized carbons (Fsp3) is 0.333. The number of carbonyl (C=O) groups is 1. The molecule has 0 saturated carbocycles. The van der Waals surface area contributed by atoms with Crippen LogP contribution >= 0.6 is 0 Å². The van der Waals surface area contributed by atoms with Crippen molar-refractivity contribution in [1.82, 2.24) is 21.2 Å². The van der Waals surface area contributed by atoms with E-state index in [2.05, 4.69) is 28.1 Å². The maximum atomic E-state index is 12.5. The highest BCUT2D eigenvalue weighted by molar-refractivity contribution is 5.95. The average Bonchev–Trinajstić information content (AvgIpc) is 2.98. The molecule has 0 radical (unpaired) electrons. The third kappa shape index (κ3) is 3.25. The predicted molar refractivity (Wildman–Crippen MR) is 89.5 cm³/mol. The maximum absolute atomic E-state index is 12.5. The summed E-state index contributed by atoms with van der Waals surface area (Å²) in [4.78, 5) is 16.6. The molecule has 1 aliphatic heterocycles. The molecule has 120 valence electrons. The molecule has 1 aliphatic rings. The molecular formula is C18H22N4O. The molecule has 5 nitrogen and oxygen atoms in total. The number of amides is 1. The van der Waals surface area contributed by atoms with E-state index in [-0.39, 0.29) is 24.0 Å². The Labute approximate surface area is 136 Å². The molecule has 3 N–H and O–H groups in total. The zero-order chi connectivity index (χ0) is 16.2. The van der Waals surface area contributed by atoms with E-state index in [0.29, 0.717) is 0 Å². The minimum absolute atomic E-state index is 0.0452. The van der Waals surface area contributed by atoms with Gasteiger partial charge < -0.3 is 5.32 Å². The first-order chi connectivity index (χ1) is 11.2.